The van der Waals surface area contributed by atoms with E-state index in [9.17, 15) is 0 Å². The highest BCUT2D eigenvalue weighted by atomic mass is 16.5. The Bertz CT molecular complexity index is 774. The number of benzene rings is 1. The Morgan fingerprint density at radius 1 is 1.13 bits per heavy atom. The van der Waals surface area contributed by atoms with Gasteiger partial charge in [0, 0.05) is 31.0 Å². The normalized spacial score (nSPS) is 17.7. The van der Waals surface area contributed by atoms with Gasteiger partial charge >= 0.3 is 0 Å². The molecule has 1 aromatic heterocycles. The molecule has 3 heterocycles. The van der Waals surface area contributed by atoms with E-state index in [-0.39, 0.29) is 0 Å². The van der Waals surface area contributed by atoms with E-state index in [1.807, 2.05) is 30.3 Å². The van der Waals surface area contributed by atoms with Gasteiger partial charge in [0.2, 0.25) is 5.95 Å². The molecule has 3 N–H and O–H groups in total. The van der Waals surface area contributed by atoms with E-state index in [2.05, 4.69) is 30.8 Å². The summed E-state index contributed by atoms with van der Waals surface area (Å²) in [6, 6.07) is 9.94. The van der Waals surface area contributed by atoms with Crippen LogP contribution in [0.5, 0.6) is 5.75 Å². The predicted octanol–water partition coefficient (Wildman–Crippen LogP) is 3.50. The topological polar surface area (TPSA) is 74.3 Å². The molecule has 1 aromatic carbocycles. The van der Waals surface area contributed by atoms with Crippen LogP contribution in [0.15, 0.2) is 36.5 Å². The Balaban J connectivity index is 1.24. The zero-order valence-corrected chi connectivity index (χ0v) is 17.8. The molecule has 2 aromatic rings. The number of ether oxygens (including phenoxy) is 1. The average Bonchev–Trinajstić information content (AvgIpc) is 3.30. The van der Waals surface area contributed by atoms with Crippen LogP contribution < -0.4 is 20.7 Å². The van der Waals surface area contributed by atoms with Crippen LogP contribution in [0.2, 0.25) is 0 Å². The average molecular weight is 411 g/mol. The van der Waals surface area contributed by atoms with Crippen molar-refractivity contribution in [1.29, 1.82) is 0 Å². The number of aromatic nitrogens is 2. The van der Waals surface area contributed by atoms with Gasteiger partial charge in [-0.15, -0.1) is 0 Å². The van der Waals surface area contributed by atoms with Gasteiger partial charge in [-0.25, -0.2) is 4.98 Å². The van der Waals surface area contributed by atoms with Crippen molar-refractivity contribution in [3.05, 3.63) is 36.5 Å². The zero-order chi connectivity index (χ0) is 20.4. The number of hydrogen-bond donors (Lipinski definition) is 3. The fourth-order valence-corrected chi connectivity index (χ4v) is 4.13. The first-order valence-electron chi connectivity index (χ1n) is 11.3. The standard InChI is InChI=1S/C23H34N6O/c1-2-14-29(13-1)15-4-16-30-21-6-3-5-20(17-21)27-23-25-12-9-22(28-23)26-18-19-7-10-24-11-8-19/h3,5-6,9,12,17,19,24H,1-2,4,7-8,10-11,13-16,18H2,(H2,25,26,27,28). The molecule has 162 valence electrons. The van der Waals surface area contributed by atoms with Crippen LogP contribution in [-0.2, 0) is 0 Å². The van der Waals surface area contributed by atoms with E-state index in [1.165, 1.54) is 38.8 Å². The predicted molar refractivity (Wildman–Crippen MR) is 122 cm³/mol. The molecule has 2 aliphatic rings. The summed E-state index contributed by atoms with van der Waals surface area (Å²) < 4.78 is 5.95. The van der Waals surface area contributed by atoms with Crippen molar-refractivity contribution in [2.75, 3.05) is 56.5 Å². The molecule has 0 atom stereocenters. The van der Waals surface area contributed by atoms with Gasteiger partial charge in [-0.05, 0) is 82.4 Å². The van der Waals surface area contributed by atoms with E-state index in [1.54, 1.807) is 6.20 Å². The first-order valence-corrected chi connectivity index (χ1v) is 11.3. The maximum atomic E-state index is 5.95. The molecule has 0 unspecified atom stereocenters. The monoisotopic (exact) mass is 410 g/mol. The Hall–Kier alpha value is -2.38. The van der Waals surface area contributed by atoms with Gasteiger partial charge in [0.1, 0.15) is 11.6 Å². The van der Waals surface area contributed by atoms with Gasteiger partial charge in [-0.1, -0.05) is 6.07 Å². The van der Waals surface area contributed by atoms with Gasteiger partial charge < -0.3 is 25.6 Å². The van der Waals surface area contributed by atoms with Crippen LogP contribution in [0.1, 0.15) is 32.1 Å². The second-order valence-electron chi connectivity index (χ2n) is 8.24. The van der Waals surface area contributed by atoms with Crippen molar-refractivity contribution in [1.82, 2.24) is 20.2 Å². The van der Waals surface area contributed by atoms with Crippen LogP contribution in [-0.4, -0.2) is 60.7 Å². The first kappa shape index (κ1) is 20.9. The third-order valence-corrected chi connectivity index (χ3v) is 5.86. The van der Waals surface area contributed by atoms with E-state index >= 15 is 0 Å². The number of piperidine rings is 1. The fourth-order valence-electron chi connectivity index (χ4n) is 4.13. The summed E-state index contributed by atoms with van der Waals surface area (Å²) in [4.78, 5) is 11.5. The number of hydrogen-bond acceptors (Lipinski definition) is 7. The molecule has 0 spiro atoms. The lowest BCUT2D eigenvalue weighted by Crippen LogP contribution is -2.31. The zero-order valence-electron chi connectivity index (χ0n) is 17.8. The highest BCUT2D eigenvalue weighted by Crippen LogP contribution is 2.21. The van der Waals surface area contributed by atoms with Crippen LogP contribution in [0.3, 0.4) is 0 Å². The SMILES string of the molecule is c1cc(Nc2nccc(NCC3CCNCC3)n2)cc(OCCCN2CCCC2)c1. The van der Waals surface area contributed by atoms with Crippen LogP contribution >= 0.6 is 0 Å². The molecule has 0 saturated carbocycles. The Kier molecular flexibility index (Phi) is 7.75. The Morgan fingerprint density at radius 2 is 2.00 bits per heavy atom. The number of likely N-dealkylation sites (tertiary alicyclic amines) is 1. The minimum atomic E-state index is 0.594. The van der Waals surface area contributed by atoms with Gasteiger partial charge in [0.15, 0.2) is 0 Å². The second-order valence-corrected chi connectivity index (χ2v) is 8.24. The number of nitrogens with one attached hydrogen (secondary N) is 3. The van der Waals surface area contributed by atoms with Crippen LogP contribution in [0.4, 0.5) is 17.5 Å². The van der Waals surface area contributed by atoms with Crippen molar-refractivity contribution >= 4 is 17.5 Å². The Labute approximate surface area is 179 Å². The lowest BCUT2D eigenvalue weighted by Gasteiger charge is -2.23. The van der Waals surface area contributed by atoms with E-state index in [4.69, 9.17) is 4.74 Å². The molecule has 30 heavy (non-hydrogen) atoms. The van der Waals surface area contributed by atoms with Gasteiger partial charge in [0.05, 0.1) is 6.61 Å². The van der Waals surface area contributed by atoms with Crippen molar-refractivity contribution < 1.29 is 4.74 Å². The van der Waals surface area contributed by atoms with Crippen molar-refractivity contribution in [3.8, 4) is 5.75 Å². The number of nitrogens with zero attached hydrogens (tertiary/aromatic N) is 3. The molecular formula is C23H34N6O. The fraction of sp³-hybridized carbons (Fsp3) is 0.565. The van der Waals surface area contributed by atoms with Crippen molar-refractivity contribution in [3.63, 3.8) is 0 Å². The Morgan fingerprint density at radius 3 is 2.87 bits per heavy atom. The molecular weight excluding hydrogens is 376 g/mol. The molecule has 2 saturated heterocycles. The molecule has 2 aliphatic heterocycles. The minimum Gasteiger partial charge on any atom is -0.493 e. The lowest BCUT2D eigenvalue weighted by atomic mass is 9.98. The minimum absolute atomic E-state index is 0.594. The quantitative estimate of drug-likeness (QED) is 0.518. The molecule has 7 nitrogen and oxygen atoms in total. The largest absolute Gasteiger partial charge is 0.493 e. The highest BCUT2D eigenvalue weighted by molar-refractivity contribution is 5.56. The molecule has 0 bridgehead atoms. The number of rotatable bonds is 10. The third-order valence-electron chi connectivity index (χ3n) is 5.86. The molecule has 0 amide bonds. The smallest absolute Gasteiger partial charge is 0.229 e. The van der Waals surface area contributed by atoms with Crippen molar-refractivity contribution in [2.45, 2.75) is 32.1 Å². The summed E-state index contributed by atoms with van der Waals surface area (Å²) in [5.41, 5.74) is 0.933. The summed E-state index contributed by atoms with van der Waals surface area (Å²) in [6.45, 7) is 7.53. The first-order chi connectivity index (χ1) is 14.8. The maximum Gasteiger partial charge on any atom is 0.229 e. The summed E-state index contributed by atoms with van der Waals surface area (Å²) in [5, 5.41) is 10.2. The van der Waals surface area contributed by atoms with E-state index < -0.39 is 0 Å². The molecule has 2 fully saturated rings. The van der Waals surface area contributed by atoms with E-state index in [0.29, 0.717) is 11.9 Å². The summed E-state index contributed by atoms with van der Waals surface area (Å²) in [5.74, 6) is 3.04. The summed E-state index contributed by atoms with van der Waals surface area (Å²) in [6.07, 6.45) is 7.96. The van der Waals surface area contributed by atoms with Crippen LogP contribution in [0.25, 0.3) is 0 Å². The third kappa shape index (κ3) is 6.57. The second kappa shape index (κ2) is 11.1. The van der Waals surface area contributed by atoms with Crippen LogP contribution in [0, 0.1) is 5.92 Å². The maximum absolute atomic E-state index is 5.95. The highest BCUT2D eigenvalue weighted by Gasteiger charge is 2.13. The van der Waals surface area contributed by atoms with Gasteiger partial charge in [-0.3, -0.25) is 0 Å². The molecule has 0 aliphatic carbocycles. The number of anilines is 3. The van der Waals surface area contributed by atoms with Gasteiger partial charge in [0.25, 0.3) is 0 Å². The van der Waals surface area contributed by atoms with E-state index in [0.717, 1.165) is 56.5 Å². The molecule has 0 radical (unpaired) electrons. The summed E-state index contributed by atoms with van der Waals surface area (Å²) >= 11 is 0. The molecule has 4 rings (SSSR count). The lowest BCUT2D eigenvalue weighted by molar-refractivity contribution is 0.263. The van der Waals surface area contributed by atoms with Crippen molar-refractivity contribution in [2.24, 2.45) is 5.92 Å². The molecule has 7 heteroatoms. The summed E-state index contributed by atoms with van der Waals surface area (Å²) in [7, 11) is 0. The van der Waals surface area contributed by atoms with Gasteiger partial charge in [-0.2, -0.15) is 4.98 Å².